The van der Waals surface area contributed by atoms with Crippen LogP contribution in [0.4, 0.5) is 0 Å². The Morgan fingerprint density at radius 3 is 2.64 bits per heavy atom. The summed E-state index contributed by atoms with van der Waals surface area (Å²) in [7, 11) is 5.46. The van der Waals surface area contributed by atoms with Crippen molar-refractivity contribution in [2.24, 2.45) is 4.99 Å². The molecule has 0 bridgehead atoms. The highest BCUT2D eigenvalue weighted by Crippen LogP contribution is 2.07. The Balaban J connectivity index is 0.00000576. The molecule has 1 aromatic rings. The number of nitrogens with one attached hydrogen (secondary N) is 2. The minimum Gasteiger partial charge on any atom is -0.481 e. The largest absolute Gasteiger partial charge is 0.481 e. The Hall–Kier alpha value is -1.13. The van der Waals surface area contributed by atoms with Crippen LogP contribution in [0.2, 0.25) is 0 Å². The third-order valence-corrected chi connectivity index (χ3v) is 3.44. The number of methoxy groups -OCH3 is 2. The van der Waals surface area contributed by atoms with E-state index in [4.69, 9.17) is 9.47 Å². The molecule has 0 spiro atoms. The van der Waals surface area contributed by atoms with E-state index in [2.05, 4.69) is 39.5 Å². The first-order valence-electron chi connectivity index (χ1n) is 8.38. The summed E-state index contributed by atoms with van der Waals surface area (Å²) in [5, 5.41) is 6.61. The molecule has 7 nitrogen and oxygen atoms in total. The van der Waals surface area contributed by atoms with Gasteiger partial charge in [0.1, 0.15) is 0 Å². The molecule has 0 fully saturated rings. The standard InChI is InChI=1S/C17H31N5O2.HI/c1-5-18-17(19-9-11-22(2)10-6-12-23-3)21-14-15-7-8-16(24-4)20-13-15;/h7-8,13H,5-6,9-12,14H2,1-4H3,(H2,18,19,21);1H. The lowest BCUT2D eigenvalue weighted by Crippen LogP contribution is -2.41. The number of aromatic nitrogens is 1. The number of hydrogen-bond donors (Lipinski definition) is 2. The lowest BCUT2D eigenvalue weighted by atomic mass is 10.3. The van der Waals surface area contributed by atoms with Gasteiger partial charge in [-0.1, -0.05) is 6.07 Å². The van der Waals surface area contributed by atoms with Gasteiger partial charge in [0.05, 0.1) is 13.7 Å². The highest BCUT2D eigenvalue weighted by molar-refractivity contribution is 14.0. The summed E-state index contributed by atoms with van der Waals surface area (Å²) in [5.41, 5.74) is 1.05. The van der Waals surface area contributed by atoms with Crippen LogP contribution in [0.15, 0.2) is 23.3 Å². The minimum absolute atomic E-state index is 0. The van der Waals surface area contributed by atoms with Crippen molar-refractivity contribution < 1.29 is 9.47 Å². The van der Waals surface area contributed by atoms with Crippen LogP contribution in [-0.2, 0) is 11.3 Å². The zero-order valence-electron chi connectivity index (χ0n) is 15.7. The number of rotatable bonds is 11. The van der Waals surface area contributed by atoms with E-state index >= 15 is 0 Å². The van der Waals surface area contributed by atoms with E-state index in [1.54, 1.807) is 20.4 Å². The van der Waals surface area contributed by atoms with Gasteiger partial charge in [0.2, 0.25) is 5.88 Å². The van der Waals surface area contributed by atoms with Gasteiger partial charge in [-0.25, -0.2) is 9.98 Å². The van der Waals surface area contributed by atoms with Gasteiger partial charge >= 0.3 is 0 Å². The summed E-state index contributed by atoms with van der Waals surface area (Å²) < 4.78 is 10.1. The first-order chi connectivity index (χ1) is 11.7. The number of ether oxygens (including phenoxy) is 2. The van der Waals surface area contributed by atoms with Crippen molar-refractivity contribution in [2.75, 3.05) is 54.1 Å². The van der Waals surface area contributed by atoms with Crippen LogP contribution < -0.4 is 15.4 Å². The van der Waals surface area contributed by atoms with Gasteiger partial charge in [0, 0.05) is 52.2 Å². The van der Waals surface area contributed by atoms with Crippen molar-refractivity contribution in [2.45, 2.75) is 19.9 Å². The van der Waals surface area contributed by atoms with E-state index in [0.29, 0.717) is 12.4 Å². The SMILES string of the molecule is CCNC(=NCc1ccc(OC)nc1)NCCN(C)CCCOC.I. The molecule has 0 saturated carbocycles. The fourth-order valence-electron chi connectivity index (χ4n) is 2.09. The second-order valence-corrected chi connectivity index (χ2v) is 5.48. The minimum atomic E-state index is 0. The molecule has 0 aliphatic rings. The molecule has 0 saturated heterocycles. The zero-order chi connectivity index (χ0) is 17.6. The van der Waals surface area contributed by atoms with Gasteiger partial charge in [-0.15, -0.1) is 24.0 Å². The quantitative estimate of drug-likeness (QED) is 0.225. The van der Waals surface area contributed by atoms with Gasteiger partial charge in [-0.2, -0.15) is 0 Å². The number of likely N-dealkylation sites (N-methyl/N-ethyl adjacent to an activating group) is 1. The lowest BCUT2D eigenvalue weighted by molar-refractivity contribution is 0.180. The van der Waals surface area contributed by atoms with Crippen molar-refractivity contribution in [1.82, 2.24) is 20.5 Å². The van der Waals surface area contributed by atoms with Crippen LogP contribution in [0, 0.1) is 0 Å². The molecule has 144 valence electrons. The molecule has 0 aliphatic heterocycles. The third-order valence-electron chi connectivity index (χ3n) is 3.44. The van der Waals surface area contributed by atoms with E-state index < -0.39 is 0 Å². The molecule has 8 heteroatoms. The van der Waals surface area contributed by atoms with Gasteiger partial charge < -0.3 is 25.0 Å². The van der Waals surface area contributed by atoms with Crippen molar-refractivity contribution >= 4 is 29.9 Å². The fraction of sp³-hybridized carbons (Fsp3) is 0.647. The molecule has 0 amide bonds. The monoisotopic (exact) mass is 465 g/mol. The number of aliphatic imine (C=N–C) groups is 1. The first-order valence-corrected chi connectivity index (χ1v) is 8.38. The maximum atomic E-state index is 5.07. The average Bonchev–Trinajstić information content (AvgIpc) is 2.60. The van der Waals surface area contributed by atoms with Crippen molar-refractivity contribution in [3.8, 4) is 5.88 Å². The van der Waals surface area contributed by atoms with E-state index in [1.807, 2.05) is 12.1 Å². The highest BCUT2D eigenvalue weighted by atomic mass is 127. The molecular formula is C17H32IN5O2. The second kappa shape index (κ2) is 15.2. The summed E-state index contributed by atoms with van der Waals surface area (Å²) in [6.07, 6.45) is 2.83. The third kappa shape index (κ3) is 11.2. The molecule has 1 rings (SSSR count). The van der Waals surface area contributed by atoms with Crippen LogP contribution in [0.3, 0.4) is 0 Å². The predicted molar refractivity (Wildman–Crippen MR) is 113 cm³/mol. The number of halogens is 1. The van der Waals surface area contributed by atoms with Gasteiger partial charge in [0.25, 0.3) is 0 Å². The molecule has 0 unspecified atom stereocenters. The number of guanidine groups is 1. The first kappa shape index (κ1) is 23.9. The smallest absolute Gasteiger partial charge is 0.212 e. The van der Waals surface area contributed by atoms with Crippen molar-refractivity contribution in [3.05, 3.63) is 23.9 Å². The van der Waals surface area contributed by atoms with E-state index in [0.717, 1.165) is 50.7 Å². The van der Waals surface area contributed by atoms with Crippen LogP contribution in [0.5, 0.6) is 5.88 Å². The summed E-state index contributed by atoms with van der Waals surface area (Å²) >= 11 is 0. The summed E-state index contributed by atoms with van der Waals surface area (Å²) in [6.45, 7) is 7.10. The summed E-state index contributed by atoms with van der Waals surface area (Å²) in [5.74, 6) is 1.43. The van der Waals surface area contributed by atoms with Gasteiger partial charge in [-0.05, 0) is 26.0 Å². The van der Waals surface area contributed by atoms with Gasteiger partial charge in [0.15, 0.2) is 5.96 Å². The maximum Gasteiger partial charge on any atom is 0.212 e. The zero-order valence-corrected chi connectivity index (χ0v) is 18.1. The molecule has 0 aliphatic carbocycles. The Morgan fingerprint density at radius 1 is 1.24 bits per heavy atom. The summed E-state index contributed by atoms with van der Waals surface area (Å²) in [6, 6.07) is 3.82. The van der Waals surface area contributed by atoms with Gasteiger partial charge in [-0.3, -0.25) is 0 Å². The molecule has 0 radical (unpaired) electrons. The predicted octanol–water partition coefficient (Wildman–Crippen LogP) is 1.73. The fourth-order valence-corrected chi connectivity index (χ4v) is 2.09. The second-order valence-electron chi connectivity index (χ2n) is 5.48. The van der Waals surface area contributed by atoms with E-state index in [9.17, 15) is 0 Å². The maximum absolute atomic E-state index is 5.07. The lowest BCUT2D eigenvalue weighted by Gasteiger charge is -2.18. The van der Waals surface area contributed by atoms with E-state index in [1.165, 1.54) is 0 Å². The molecule has 2 N–H and O–H groups in total. The Bertz CT molecular complexity index is 471. The molecule has 0 aromatic carbocycles. The molecule has 1 heterocycles. The number of hydrogen-bond acceptors (Lipinski definition) is 5. The number of nitrogens with zero attached hydrogens (tertiary/aromatic N) is 3. The Labute approximate surface area is 168 Å². The Kier molecular flexibility index (Phi) is 14.5. The average molecular weight is 465 g/mol. The summed E-state index contributed by atoms with van der Waals surface area (Å²) in [4.78, 5) is 11.1. The Morgan fingerprint density at radius 2 is 2.04 bits per heavy atom. The molecule has 0 atom stereocenters. The highest BCUT2D eigenvalue weighted by Gasteiger charge is 2.01. The van der Waals surface area contributed by atoms with Crippen molar-refractivity contribution in [3.63, 3.8) is 0 Å². The molecular weight excluding hydrogens is 433 g/mol. The van der Waals surface area contributed by atoms with Crippen LogP contribution in [-0.4, -0.2) is 69.9 Å². The molecule has 25 heavy (non-hydrogen) atoms. The normalized spacial score (nSPS) is 11.2. The number of pyridine rings is 1. The van der Waals surface area contributed by atoms with Crippen molar-refractivity contribution in [1.29, 1.82) is 0 Å². The molecule has 1 aromatic heterocycles. The van der Waals surface area contributed by atoms with Crippen LogP contribution in [0.25, 0.3) is 0 Å². The topological polar surface area (TPSA) is 71.0 Å². The van der Waals surface area contributed by atoms with E-state index in [-0.39, 0.29) is 24.0 Å². The van der Waals surface area contributed by atoms with Crippen LogP contribution >= 0.6 is 24.0 Å². The van der Waals surface area contributed by atoms with Crippen LogP contribution in [0.1, 0.15) is 18.9 Å².